The number of hydrogen-bond donors (Lipinski definition) is 0. The molecule has 0 saturated carbocycles. The Hall–Kier alpha value is -1.87. The summed E-state index contributed by atoms with van der Waals surface area (Å²) in [6.07, 6.45) is 6.03. The summed E-state index contributed by atoms with van der Waals surface area (Å²) in [6, 6.07) is 10.3. The van der Waals surface area contributed by atoms with Gasteiger partial charge in [0.25, 0.3) is 0 Å². The molecule has 0 spiro atoms. The van der Waals surface area contributed by atoms with Gasteiger partial charge in [0.15, 0.2) is 6.23 Å². The number of benzene rings is 1. The van der Waals surface area contributed by atoms with Gasteiger partial charge in [-0.15, -0.1) is 0 Å². The molecule has 3 heteroatoms. The second-order valence-electron chi connectivity index (χ2n) is 5.66. The topological polar surface area (TPSA) is 25.4 Å². The number of ether oxygens (including phenoxy) is 1. The predicted molar refractivity (Wildman–Crippen MR) is 84.1 cm³/mol. The zero-order valence-corrected chi connectivity index (χ0v) is 12.5. The number of aryl methyl sites for hydroxylation is 1. The maximum Gasteiger partial charge on any atom is 0.179 e. The molecule has 3 nitrogen and oxygen atoms in total. The van der Waals surface area contributed by atoms with E-state index < -0.39 is 0 Å². The number of hydrogen-bond acceptors (Lipinski definition) is 3. The Kier molecular flexibility index (Phi) is 4.20. The Labute approximate surface area is 126 Å². The van der Waals surface area contributed by atoms with Crippen LogP contribution in [0.3, 0.4) is 0 Å². The van der Waals surface area contributed by atoms with Crippen LogP contribution in [0.25, 0.3) is 0 Å². The summed E-state index contributed by atoms with van der Waals surface area (Å²) in [6.45, 7) is 8.20. The number of pyridine rings is 1. The van der Waals surface area contributed by atoms with Gasteiger partial charge in [0.2, 0.25) is 0 Å². The minimum Gasteiger partial charge on any atom is -0.469 e. The van der Waals surface area contributed by atoms with Crippen molar-refractivity contribution in [1.29, 1.82) is 0 Å². The number of rotatable bonds is 4. The number of nitrogens with zero attached hydrogens (tertiary/aromatic N) is 2. The Bertz CT molecular complexity index is 606. The van der Waals surface area contributed by atoms with Crippen molar-refractivity contribution in [2.45, 2.75) is 26.0 Å². The third-order valence-electron chi connectivity index (χ3n) is 3.81. The summed E-state index contributed by atoms with van der Waals surface area (Å²) in [5, 5.41) is 0. The molecule has 1 atom stereocenters. The van der Waals surface area contributed by atoms with Gasteiger partial charge in [-0.1, -0.05) is 24.3 Å². The molecule has 2 aromatic rings. The summed E-state index contributed by atoms with van der Waals surface area (Å²) in [5.41, 5.74) is 3.28. The van der Waals surface area contributed by atoms with E-state index in [9.17, 15) is 0 Å². The van der Waals surface area contributed by atoms with Crippen LogP contribution in [0.1, 0.15) is 35.8 Å². The van der Waals surface area contributed by atoms with Gasteiger partial charge >= 0.3 is 0 Å². The molecule has 0 N–H and O–H groups in total. The van der Waals surface area contributed by atoms with Crippen LogP contribution in [0, 0.1) is 13.8 Å². The lowest BCUT2D eigenvalue weighted by atomic mass is 10.1. The summed E-state index contributed by atoms with van der Waals surface area (Å²) in [5.74, 6) is 0.821. The van der Waals surface area contributed by atoms with Crippen LogP contribution in [0.5, 0.6) is 5.75 Å². The highest BCUT2D eigenvalue weighted by Crippen LogP contribution is 2.28. The van der Waals surface area contributed by atoms with E-state index in [1.807, 2.05) is 31.3 Å². The third-order valence-corrected chi connectivity index (χ3v) is 3.81. The quantitative estimate of drug-likeness (QED) is 0.853. The number of likely N-dealkylation sites (tertiary alicyclic amines) is 1. The average molecular weight is 281 g/mol. The van der Waals surface area contributed by atoms with E-state index in [1.165, 1.54) is 12.8 Å². The molecule has 0 amide bonds. The van der Waals surface area contributed by atoms with Crippen molar-refractivity contribution in [1.82, 2.24) is 9.88 Å². The molecule has 1 aromatic heterocycles. The van der Waals surface area contributed by atoms with Gasteiger partial charge < -0.3 is 4.74 Å². The van der Waals surface area contributed by atoms with Crippen molar-refractivity contribution >= 4 is 0 Å². The van der Waals surface area contributed by atoms with Crippen molar-refractivity contribution in [2.24, 2.45) is 0 Å². The minimum atomic E-state index is -0.0576. The van der Waals surface area contributed by atoms with Crippen LogP contribution >= 0.6 is 0 Å². The third kappa shape index (κ3) is 3.42. The van der Waals surface area contributed by atoms with Crippen LogP contribution in [0.4, 0.5) is 0 Å². The molecule has 0 bridgehead atoms. The normalized spacial score (nSPS) is 16.9. The van der Waals surface area contributed by atoms with E-state index in [2.05, 4.69) is 28.9 Å². The smallest absolute Gasteiger partial charge is 0.179 e. The van der Waals surface area contributed by atoms with E-state index in [0.29, 0.717) is 0 Å². The molecular formula is C18H21N2O. The maximum absolute atomic E-state index is 6.26. The lowest BCUT2D eigenvalue weighted by Crippen LogP contribution is -2.30. The molecule has 109 valence electrons. The zero-order valence-electron chi connectivity index (χ0n) is 12.5. The van der Waals surface area contributed by atoms with Crippen molar-refractivity contribution in [3.63, 3.8) is 0 Å². The van der Waals surface area contributed by atoms with Crippen molar-refractivity contribution in [3.05, 3.63) is 66.3 Å². The van der Waals surface area contributed by atoms with Crippen molar-refractivity contribution < 1.29 is 4.74 Å². The molecule has 1 radical (unpaired) electrons. The zero-order chi connectivity index (χ0) is 14.7. The Balaban J connectivity index is 1.88. The van der Waals surface area contributed by atoms with Gasteiger partial charge in [-0.3, -0.25) is 9.88 Å². The molecular weight excluding hydrogens is 260 g/mol. The first-order chi connectivity index (χ1) is 10.2. The second-order valence-corrected chi connectivity index (χ2v) is 5.66. The SMILES string of the molecule is [CH2]c1cccc(C(Oc2cncc(C)c2)N2CCCC2)c1. The standard InChI is InChI=1S/C18H21N2O/c1-14-6-5-7-16(10-14)18(20-8-3-4-9-20)21-17-11-15(2)12-19-13-17/h5-7,10-13,18H,1,3-4,8-9H2,2H3. The molecule has 2 heterocycles. The number of aromatic nitrogens is 1. The minimum absolute atomic E-state index is 0.0576. The molecule has 3 rings (SSSR count). The van der Waals surface area contributed by atoms with Gasteiger partial charge in [0.05, 0.1) is 6.20 Å². The van der Waals surface area contributed by atoms with Crippen molar-refractivity contribution in [2.75, 3.05) is 13.1 Å². The molecule has 1 aliphatic rings. The molecule has 1 saturated heterocycles. The maximum atomic E-state index is 6.26. The van der Waals surface area contributed by atoms with Crippen LogP contribution in [-0.4, -0.2) is 23.0 Å². The van der Waals surface area contributed by atoms with Gasteiger partial charge in [-0.25, -0.2) is 0 Å². The highest BCUT2D eigenvalue weighted by atomic mass is 16.5. The monoisotopic (exact) mass is 281 g/mol. The van der Waals surface area contributed by atoms with Crippen LogP contribution in [0.15, 0.2) is 42.7 Å². The average Bonchev–Trinajstić information content (AvgIpc) is 2.99. The molecule has 1 aromatic carbocycles. The Morgan fingerprint density at radius 1 is 1.19 bits per heavy atom. The molecule has 1 unspecified atom stereocenters. The first-order valence-electron chi connectivity index (χ1n) is 7.47. The van der Waals surface area contributed by atoms with Gasteiger partial charge in [0, 0.05) is 24.8 Å². The summed E-state index contributed by atoms with van der Waals surface area (Å²) in [4.78, 5) is 6.61. The van der Waals surface area contributed by atoms with Crippen molar-refractivity contribution in [3.8, 4) is 5.75 Å². The highest BCUT2D eigenvalue weighted by Gasteiger charge is 2.25. The Morgan fingerprint density at radius 3 is 2.71 bits per heavy atom. The van der Waals surface area contributed by atoms with Crippen LogP contribution < -0.4 is 4.74 Å². The predicted octanol–water partition coefficient (Wildman–Crippen LogP) is 3.75. The Morgan fingerprint density at radius 2 is 2.00 bits per heavy atom. The van der Waals surface area contributed by atoms with Crippen LogP contribution in [-0.2, 0) is 0 Å². The van der Waals surface area contributed by atoms with Gasteiger partial charge in [-0.05, 0) is 43.9 Å². The van der Waals surface area contributed by atoms with E-state index in [4.69, 9.17) is 4.74 Å². The van der Waals surface area contributed by atoms with Crippen LogP contribution in [0.2, 0.25) is 0 Å². The lowest BCUT2D eigenvalue weighted by molar-refractivity contribution is 0.0417. The highest BCUT2D eigenvalue weighted by molar-refractivity contribution is 5.29. The lowest BCUT2D eigenvalue weighted by Gasteiger charge is -2.28. The fraction of sp³-hybridized carbons (Fsp3) is 0.333. The summed E-state index contributed by atoms with van der Waals surface area (Å²) >= 11 is 0. The van der Waals surface area contributed by atoms with E-state index >= 15 is 0 Å². The molecule has 1 aliphatic heterocycles. The second kappa shape index (κ2) is 6.27. The summed E-state index contributed by atoms with van der Waals surface area (Å²) < 4.78 is 6.26. The summed E-state index contributed by atoms with van der Waals surface area (Å²) in [7, 11) is 0. The van der Waals surface area contributed by atoms with E-state index in [-0.39, 0.29) is 6.23 Å². The van der Waals surface area contributed by atoms with Gasteiger partial charge in [-0.2, -0.15) is 0 Å². The molecule has 21 heavy (non-hydrogen) atoms. The van der Waals surface area contributed by atoms with Gasteiger partial charge in [0.1, 0.15) is 5.75 Å². The van der Waals surface area contributed by atoms with E-state index in [1.54, 1.807) is 6.20 Å². The first-order valence-corrected chi connectivity index (χ1v) is 7.47. The molecule has 1 fully saturated rings. The fourth-order valence-electron chi connectivity index (χ4n) is 2.80. The van der Waals surface area contributed by atoms with E-state index in [0.717, 1.165) is 35.5 Å². The molecule has 0 aliphatic carbocycles. The first kappa shape index (κ1) is 14.1. The largest absolute Gasteiger partial charge is 0.469 e. The fourth-order valence-corrected chi connectivity index (χ4v) is 2.80.